The molecule has 126 valence electrons. The van der Waals surface area contributed by atoms with E-state index in [1.807, 2.05) is 26.2 Å². The predicted molar refractivity (Wildman–Crippen MR) is 90.1 cm³/mol. The van der Waals surface area contributed by atoms with Crippen LogP contribution in [-0.4, -0.2) is 54.9 Å². The third kappa shape index (κ3) is 4.86. The summed E-state index contributed by atoms with van der Waals surface area (Å²) in [5.74, 6) is -0.814. The third-order valence-electron chi connectivity index (χ3n) is 3.49. The van der Waals surface area contributed by atoms with Crippen molar-refractivity contribution in [3.63, 3.8) is 0 Å². The number of ether oxygens (including phenoxy) is 2. The molecule has 2 rings (SSSR count). The number of amides is 1. The topological polar surface area (TPSA) is 55.8 Å². The van der Waals surface area contributed by atoms with Crippen LogP contribution in [0.5, 0.6) is 0 Å². The van der Waals surface area contributed by atoms with E-state index in [1.54, 1.807) is 17.0 Å². The number of hydrogen-bond donors (Lipinski definition) is 0. The maximum absolute atomic E-state index is 12.2. The summed E-state index contributed by atoms with van der Waals surface area (Å²) in [6, 6.07) is 5.14. The molecule has 23 heavy (non-hydrogen) atoms. The van der Waals surface area contributed by atoms with E-state index in [1.165, 1.54) is 11.8 Å². The largest absolute Gasteiger partial charge is 0.452 e. The molecule has 0 bridgehead atoms. The van der Waals surface area contributed by atoms with Crippen LogP contribution in [0.25, 0.3) is 0 Å². The molecule has 0 radical (unpaired) electrons. The van der Waals surface area contributed by atoms with Crippen LogP contribution >= 0.6 is 23.4 Å². The minimum absolute atomic E-state index is 0.0221. The van der Waals surface area contributed by atoms with Crippen molar-refractivity contribution < 1.29 is 19.1 Å². The van der Waals surface area contributed by atoms with Crippen molar-refractivity contribution >= 4 is 35.2 Å². The zero-order chi connectivity index (χ0) is 17.0. The Labute approximate surface area is 145 Å². The summed E-state index contributed by atoms with van der Waals surface area (Å²) in [5.41, 5.74) is 0.273. The van der Waals surface area contributed by atoms with Crippen molar-refractivity contribution in [2.75, 3.05) is 26.0 Å². The molecular weight excluding hydrogens is 338 g/mol. The summed E-state index contributed by atoms with van der Waals surface area (Å²) in [6.45, 7) is 4.54. The number of thioether (sulfide) groups is 1. The lowest BCUT2D eigenvalue weighted by atomic mass is 10.2. The SMILES string of the molecule is CSc1ccc(Cl)c(C(=O)OCC(=O)N2C[C@@H](C)O[C@H](C)C2)c1. The first-order chi connectivity index (χ1) is 10.9. The summed E-state index contributed by atoms with van der Waals surface area (Å²) in [6.07, 6.45) is 1.86. The first kappa shape index (κ1) is 18.1. The van der Waals surface area contributed by atoms with Gasteiger partial charge in [0.1, 0.15) is 0 Å². The molecule has 1 aromatic rings. The molecule has 0 aliphatic carbocycles. The van der Waals surface area contributed by atoms with Gasteiger partial charge in [-0.25, -0.2) is 4.79 Å². The van der Waals surface area contributed by atoms with Crippen molar-refractivity contribution in [3.05, 3.63) is 28.8 Å². The summed E-state index contributed by atoms with van der Waals surface area (Å²) in [7, 11) is 0. The fourth-order valence-electron chi connectivity index (χ4n) is 2.47. The molecule has 5 nitrogen and oxygen atoms in total. The zero-order valence-electron chi connectivity index (χ0n) is 13.4. The van der Waals surface area contributed by atoms with Crippen molar-refractivity contribution in [2.45, 2.75) is 31.0 Å². The van der Waals surface area contributed by atoms with E-state index in [2.05, 4.69) is 0 Å². The van der Waals surface area contributed by atoms with Crippen LogP contribution in [0.15, 0.2) is 23.1 Å². The van der Waals surface area contributed by atoms with Crippen molar-refractivity contribution in [1.82, 2.24) is 4.90 Å². The van der Waals surface area contributed by atoms with Crippen LogP contribution in [-0.2, 0) is 14.3 Å². The highest BCUT2D eigenvalue weighted by Crippen LogP contribution is 2.23. The van der Waals surface area contributed by atoms with E-state index in [-0.39, 0.29) is 30.3 Å². The molecule has 1 heterocycles. The van der Waals surface area contributed by atoms with Gasteiger partial charge >= 0.3 is 5.97 Å². The number of carbonyl (C=O) groups excluding carboxylic acids is 2. The molecule has 0 spiro atoms. The molecule has 0 N–H and O–H groups in total. The lowest BCUT2D eigenvalue weighted by molar-refractivity contribution is -0.146. The quantitative estimate of drug-likeness (QED) is 0.612. The predicted octanol–water partition coefficient (Wildman–Crippen LogP) is 2.85. The monoisotopic (exact) mass is 357 g/mol. The number of benzene rings is 1. The highest BCUT2D eigenvalue weighted by Gasteiger charge is 2.26. The van der Waals surface area contributed by atoms with E-state index in [9.17, 15) is 9.59 Å². The van der Waals surface area contributed by atoms with Crippen LogP contribution in [0.1, 0.15) is 24.2 Å². The molecule has 1 saturated heterocycles. The fraction of sp³-hybridized carbons (Fsp3) is 0.500. The van der Waals surface area contributed by atoms with Gasteiger partial charge in [-0.05, 0) is 38.3 Å². The van der Waals surface area contributed by atoms with Gasteiger partial charge in [0.25, 0.3) is 5.91 Å². The zero-order valence-corrected chi connectivity index (χ0v) is 14.9. The maximum Gasteiger partial charge on any atom is 0.340 e. The maximum atomic E-state index is 12.2. The van der Waals surface area contributed by atoms with Crippen molar-refractivity contribution in [1.29, 1.82) is 0 Å². The van der Waals surface area contributed by atoms with E-state index < -0.39 is 5.97 Å². The van der Waals surface area contributed by atoms with E-state index in [4.69, 9.17) is 21.1 Å². The van der Waals surface area contributed by atoms with Gasteiger partial charge in [0.2, 0.25) is 0 Å². The number of carbonyl (C=O) groups is 2. The van der Waals surface area contributed by atoms with Gasteiger partial charge in [-0.3, -0.25) is 4.79 Å². The standard InChI is InChI=1S/C16H20ClNO4S/c1-10-7-18(8-11(2)22-10)15(19)9-21-16(20)13-6-12(23-3)4-5-14(13)17/h4-6,10-11H,7-9H2,1-3H3/t10-,11-/m1/s1. The Balaban J connectivity index is 1.95. The van der Waals surface area contributed by atoms with Crippen LogP contribution < -0.4 is 0 Å². The Hall–Kier alpha value is -1.24. The lowest BCUT2D eigenvalue weighted by Crippen LogP contribution is -2.49. The van der Waals surface area contributed by atoms with Gasteiger partial charge in [-0.2, -0.15) is 0 Å². The number of rotatable bonds is 4. The molecule has 0 saturated carbocycles. The Morgan fingerprint density at radius 1 is 1.35 bits per heavy atom. The molecule has 2 atom stereocenters. The van der Waals surface area contributed by atoms with Gasteiger partial charge in [-0.15, -0.1) is 11.8 Å². The van der Waals surface area contributed by atoms with E-state index in [0.29, 0.717) is 18.1 Å². The molecule has 7 heteroatoms. The number of hydrogen-bond acceptors (Lipinski definition) is 5. The van der Waals surface area contributed by atoms with Crippen molar-refractivity contribution in [2.24, 2.45) is 0 Å². The van der Waals surface area contributed by atoms with Crippen molar-refractivity contribution in [3.8, 4) is 0 Å². The minimum atomic E-state index is -0.589. The minimum Gasteiger partial charge on any atom is -0.452 e. The number of halogens is 1. The number of esters is 1. The highest BCUT2D eigenvalue weighted by atomic mass is 35.5. The number of nitrogens with zero attached hydrogens (tertiary/aromatic N) is 1. The first-order valence-electron chi connectivity index (χ1n) is 7.34. The molecule has 1 aromatic carbocycles. The molecule has 1 amide bonds. The van der Waals surface area contributed by atoms with Crippen LogP contribution in [0.2, 0.25) is 5.02 Å². The Bertz CT molecular complexity index is 585. The van der Waals surface area contributed by atoms with Gasteiger partial charge in [0.15, 0.2) is 6.61 Å². The Morgan fingerprint density at radius 3 is 2.61 bits per heavy atom. The van der Waals surface area contributed by atoms with Crippen LogP contribution in [0.3, 0.4) is 0 Å². The highest BCUT2D eigenvalue weighted by molar-refractivity contribution is 7.98. The molecule has 0 aromatic heterocycles. The molecule has 1 aliphatic heterocycles. The average Bonchev–Trinajstić information content (AvgIpc) is 2.51. The van der Waals surface area contributed by atoms with Gasteiger partial charge in [-0.1, -0.05) is 11.6 Å². The number of morpholine rings is 1. The molecular formula is C16H20ClNO4S. The molecule has 1 fully saturated rings. The van der Waals surface area contributed by atoms with Crippen LogP contribution in [0, 0.1) is 0 Å². The molecule has 1 aliphatic rings. The Morgan fingerprint density at radius 2 is 2.00 bits per heavy atom. The normalized spacial score (nSPS) is 21.1. The van der Waals surface area contributed by atoms with E-state index in [0.717, 1.165) is 4.90 Å². The van der Waals surface area contributed by atoms with Gasteiger partial charge in [0.05, 0.1) is 22.8 Å². The smallest absolute Gasteiger partial charge is 0.340 e. The summed E-state index contributed by atoms with van der Waals surface area (Å²) in [4.78, 5) is 26.9. The second kappa shape index (κ2) is 8.04. The summed E-state index contributed by atoms with van der Waals surface area (Å²) >= 11 is 7.53. The fourth-order valence-corrected chi connectivity index (χ4v) is 3.10. The van der Waals surface area contributed by atoms with E-state index >= 15 is 0 Å². The first-order valence-corrected chi connectivity index (χ1v) is 8.95. The summed E-state index contributed by atoms with van der Waals surface area (Å²) < 4.78 is 10.7. The average molecular weight is 358 g/mol. The Kier molecular flexibility index (Phi) is 6.33. The van der Waals surface area contributed by atoms with Crippen LogP contribution in [0.4, 0.5) is 0 Å². The second-order valence-corrected chi connectivity index (χ2v) is 6.76. The summed E-state index contributed by atoms with van der Waals surface area (Å²) in [5, 5.41) is 0.314. The lowest BCUT2D eigenvalue weighted by Gasteiger charge is -2.35. The van der Waals surface area contributed by atoms with Gasteiger partial charge in [0, 0.05) is 18.0 Å². The second-order valence-electron chi connectivity index (χ2n) is 5.48. The third-order valence-corrected chi connectivity index (χ3v) is 4.55. The molecule has 0 unspecified atom stereocenters. The van der Waals surface area contributed by atoms with Gasteiger partial charge < -0.3 is 14.4 Å².